The van der Waals surface area contributed by atoms with Gasteiger partial charge in [0.25, 0.3) is 0 Å². The highest BCUT2D eigenvalue weighted by Crippen LogP contribution is 2.31. The molecule has 0 aliphatic heterocycles. The standard InChI is InChI=1S/C15H19N3OS/c1-9(2)14-15(20-18-17-14)13(16)10-3-5-11(6-4-10)19-12-7-8-12/h3-6,9,12-13H,7-8,16H2,1-2H3. The molecule has 3 rings (SSSR count). The van der Waals surface area contributed by atoms with E-state index < -0.39 is 0 Å². The number of hydrogen-bond acceptors (Lipinski definition) is 5. The van der Waals surface area contributed by atoms with Crippen LogP contribution in [0.15, 0.2) is 24.3 Å². The van der Waals surface area contributed by atoms with Crippen LogP contribution in [0.5, 0.6) is 5.75 Å². The normalized spacial score (nSPS) is 16.4. The zero-order valence-electron chi connectivity index (χ0n) is 11.7. The van der Waals surface area contributed by atoms with E-state index >= 15 is 0 Å². The fourth-order valence-electron chi connectivity index (χ4n) is 2.10. The molecular formula is C15H19N3OS. The molecule has 1 aliphatic carbocycles. The first-order valence-electron chi connectivity index (χ1n) is 6.99. The van der Waals surface area contributed by atoms with Crippen LogP contribution in [-0.4, -0.2) is 15.7 Å². The summed E-state index contributed by atoms with van der Waals surface area (Å²) in [6.45, 7) is 4.22. The van der Waals surface area contributed by atoms with Gasteiger partial charge in [0.05, 0.1) is 22.7 Å². The summed E-state index contributed by atoms with van der Waals surface area (Å²) >= 11 is 1.39. The highest BCUT2D eigenvalue weighted by Gasteiger charge is 2.24. The third-order valence-electron chi connectivity index (χ3n) is 3.44. The fraction of sp³-hybridized carbons (Fsp3) is 0.467. The first-order valence-corrected chi connectivity index (χ1v) is 7.77. The monoisotopic (exact) mass is 289 g/mol. The molecule has 1 saturated carbocycles. The number of nitrogens with zero attached hydrogens (tertiary/aromatic N) is 2. The summed E-state index contributed by atoms with van der Waals surface area (Å²) in [6.07, 6.45) is 2.77. The average molecular weight is 289 g/mol. The smallest absolute Gasteiger partial charge is 0.119 e. The minimum atomic E-state index is -0.164. The van der Waals surface area contributed by atoms with Crippen molar-refractivity contribution in [3.05, 3.63) is 40.4 Å². The van der Waals surface area contributed by atoms with Crippen LogP contribution in [0.25, 0.3) is 0 Å². The summed E-state index contributed by atoms with van der Waals surface area (Å²) in [5.41, 5.74) is 8.42. The maximum absolute atomic E-state index is 6.35. The van der Waals surface area contributed by atoms with Crippen molar-refractivity contribution < 1.29 is 4.74 Å². The lowest BCUT2D eigenvalue weighted by atomic mass is 10.0. The Labute approximate surface area is 123 Å². The van der Waals surface area contributed by atoms with Crippen molar-refractivity contribution in [2.75, 3.05) is 0 Å². The number of ether oxygens (including phenoxy) is 1. The largest absolute Gasteiger partial charge is 0.490 e. The van der Waals surface area contributed by atoms with Gasteiger partial charge in [-0.05, 0) is 48.0 Å². The van der Waals surface area contributed by atoms with Gasteiger partial charge in [0.2, 0.25) is 0 Å². The number of aromatic nitrogens is 2. The Balaban J connectivity index is 1.78. The van der Waals surface area contributed by atoms with Crippen molar-refractivity contribution in [3.63, 3.8) is 0 Å². The van der Waals surface area contributed by atoms with Gasteiger partial charge in [-0.1, -0.05) is 30.5 Å². The molecule has 4 nitrogen and oxygen atoms in total. The van der Waals surface area contributed by atoms with Crippen LogP contribution >= 0.6 is 11.5 Å². The first-order chi connectivity index (χ1) is 9.65. The molecule has 2 N–H and O–H groups in total. The van der Waals surface area contributed by atoms with E-state index in [1.165, 1.54) is 24.4 Å². The molecule has 0 radical (unpaired) electrons. The first kappa shape index (κ1) is 13.5. The molecule has 0 spiro atoms. The van der Waals surface area contributed by atoms with Gasteiger partial charge in [0.15, 0.2) is 0 Å². The van der Waals surface area contributed by atoms with Crippen molar-refractivity contribution in [3.8, 4) is 5.75 Å². The van der Waals surface area contributed by atoms with E-state index in [0.29, 0.717) is 12.0 Å². The van der Waals surface area contributed by atoms with E-state index in [4.69, 9.17) is 10.5 Å². The van der Waals surface area contributed by atoms with Crippen LogP contribution in [0.2, 0.25) is 0 Å². The molecule has 1 heterocycles. The van der Waals surface area contributed by atoms with E-state index in [2.05, 4.69) is 23.4 Å². The predicted molar refractivity (Wildman–Crippen MR) is 80.1 cm³/mol. The van der Waals surface area contributed by atoms with Crippen molar-refractivity contribution in [2.45, 2.75) is 44.8 Å². The highest BCUT2D eigenvalue weighted by atomic mass is 32.1. The van der Waals surface area contributed by atoms with Gasteiger partial charge >= 0.3 is 0 Å². The number of benzene rings is 1. The summed E-state index contributed by atoms with van der Waals surface area (Å²) < 4.78 is 9.79. The summed E-state index contributed by atoms with van der Waals surface area (Å²) in [4.78, 5) is 1.05. The summed E-state index contributed by atoms with van der Waals surface area (Å²) in [5, 5.41) is 4.19. The zero-order chi connectivity index (χ0) is 14.1. The lowest BCUT2D eigenvalue weighted by molar-refractivity contribution is 0.303. The maximum Gasteiger partial charge on any atom is 0.119 e. The Bertz CT molecular complexity index is 575. The van der Waals surface area contributed by atoms with Gasteiger partial charge in [0.1, 0.15) is 5.75 Å². The van der Waals surface area contributed by atoms with Crippen molar-refractivity contribution >= 4 is 11.5 Å². The molecule has 1 aromatic carbocycles. The molecule has 1 unspecified atom stereocenters. The molecule has 2 aromatic rings. The molecule has 106 valence electrons. The Morgan fingerprint density at radius 1 is 1.25 bits per heavy atom. The summed E-state index contributed by atoms with van der Waals surface area (Å²) in [6, 6.07) is 7.90. The number of rotatable bonds is 5. The molecule has 0 saturated heterocycles. The van der Waals surface area contributed by atoms with Crippen LogP contribution in [0, 0.1) is 0 Å². The molecule has 1 atom stereocenters. The second kappa shape index (κ2) is 5.50. The Hall–Kier alpha value is -1.46. The third-order valence-corrected chi connectivity index (χ3v) is 4.26. The van der Waals surface area contributed by atoms with Crippen molar-refractivity contribution in [1.82, 2.24) is 9.59 Å². The Morgan fingerprint density at radius 2 is 1.95 bits per heavy atom. The van der Waals surface area contributed by atoms with Gasteiger partial charge in [-0.2, -0.15) is 0 Å². The van der Waals surface area contributed by atoms with E-state index in [1.54, 1.807) is 0 Å². The predicted octanol–water partition coefficient (Wildman–Crippen LogP) is 3.25. The lowest BCUT2D eigenvalue weighted by Gasteiger charge is -2.13. The topological polar surface area (TPSA) is 61.0 Å². The van der Waals surface area contributed by atoms with Gasteiger partial charge < -0.3 is 10.5 Å². The van der Waals surface area contributed by atoms with E-state index in [-0.39, 0.29) is 6.04 Å². The SMILES string of the molecule is CC(C)c1nnsc1C(N)c1ccc(OC2CC2)cc1. The van der Waals surface area contributed by atoms with Crippen LogP contribution < -0.4 is 10.5 Å². The lowest BCUT2D eigenvalue weighted by Crippen LogP contribution is -2.13. The zero-order valence-corrected chi connectivity index (χ0v) is 12.6. The van der Waals surface area contributed by atoms with Gasteiger partial charge in [-0.25, -0.2) is 0 Å². The molecular weight excluding hydrogens is 270 g/mol. The van der Waals surface area contributed by atoms with Gasteiger partial charge in [-0.3, -0.25) is 0 Å². The van der Waals surface area contributed by atoms with E-state index in [9.17, 15) is 0 Å². The minimum absolute atomic E-state index is 0.164. The molecule has 0 amide bonds. The molecule has 1 aliphatic rings. The quantitative estimate of drug-likeness (QED) is 0.918. The van der Waals surface area contributed by atoms with E-state index in [1.807, 2.05) is 24.3 Å². The van der Waals surface area contributed by atoms with Crippen molar-refractivity contribution in [2.24, 2.45) is 5.73 Å². The molecule has 1 fully saturated rings. The molecule has 5 heteroatoms. The van der Waals surface area contributed by atoms with Crippen LogP contribution in [0.1, 0.15) is 54.8 Å². The van der Waals surface area contributed by atoms with Crippen LogP contribution in [0.4, 0.5) is 0 Å². The fourth-order valence-corrected chi connectivity index (χ4v) is 2.94. The maximum atomic E-state index is 6.35. The van der Waals surface area contributed by atoms with Gasteiger partial charge in [-0.15, -0.1) is 5.10 Å². The number of nitrogens with two attached hydrogens (primary N) is 1. The summed E-state index contributed by atoms with van der Waals surface area (Å²) in [5.74, 6) is 1.27. The summed E-state index contributed by atoms with van der Waals surface area (Å²) in [7, 11) is 0. The third kappa shape index (κ3) is 2.83. The van der Waals surface area contributed by atoms with Crippen LogP contribution in [-0.2, 0) is 0 Å². The van der Waals surface area contributed by atoms with Crippen LogP contribution in [0.3, 0.4) is 0 Å². The Morgan fingerprint density at radius 3 is 2.55 bits per heavy atom. The second-order valence-electron chi connectivity index (χ2n) is 5.54. The highest BCUT2D eigenvalue weighted by molar-refractivity contribution is 7.05. The minimum Gasteiger partial charge on any atom is -0.490 e. The molecule has 20 heavy (non-hydrogen) atoms. The second-order valence-corrected chi connectivity index (χ2v) is 6.33. The van der Waals surface area contributed by atoms with E-state index in [0.717, 1.165) is 21.9 Å². The van der Waals surface area contributed by atoms with Crippen molar-refractivity contribution in [1.29, 1.82) is 0 Å². The van der Waals surface area contributed by atoms with Gasteiger partial charge in [0, 0.05) is 0 Å². The Kier molecular flexibility index (Phi) is 3.72. The number of hydrogen-bond donors (Lipinski definition) is 1. The average Bonchev–Trinajstić information content (AvgIpc) is 3.11. The molecule has 1 aromatic heterocycles. The molecule has 0 bridgehead atoms.